The number of thiocarbonyl (C=S) groups is 1. The molecule has 0 spiro atoms. The highest BCUT2D eigenvalue weighted by molar-refractivity contribution is 7.80. The van der Waals surface area contributed by atoms with Crippen molar-refractivity contribution in [3.63, 3.8) is 0 Å². The zero-order chi connectivity index (χ0) is 11.8. The average Bonchev–Trinajstić information content (AvgIpc) is 2.27. The third-order valence-corrected chi connectivity index (χ3v) is 2.62. The van der Waals surface area contributed by atoms with Gasteiger partial charge < -0.3 is 10.6 Å². The summed E-state index contributed by atoms with van der Waals surface area (Å²) in [5.74, 6) is 0. The summed E-state index contributed by atoms with van der Waals surface area (Å²) >= 11 is 5.24. The first-order valence-electron chi connectivity index (χ1n) is 5.85. The van der Waals surface area contributed by atoms with Crippen LogP contribution in [0.1, 0.15) is 33.1 Å². The van der Waals surface area contributed by atoms with Gasteiger partial charge in [0.15, 0.2) is 5.11 Å². The van der Waals surface area contributed by atoms with Crippen LogP contribution in [0.3, 0.4) is 0 Å². The van der Waals surface area contributed by atoms with Crippen LogP contribution in [0.25, 0.3) is 0 Å². The van der Waals surface area contributed by atoms with E-state index < -0.39 is 0 Å². The van der Waals surface area contributed by atoms with Gasteiger partial charge in [-0.25, -0.2) is 0 Å². The van der Waals surface area contributed by atoms with Gasteiger partial charge in [-0.05, 0) is 37.7 Å². The highest BCUT2D eigenvalue weighted by atomic mass is 32.1. The number of anilines is 1. The Morgan fingerprint density at radius 2 is 2.00 bits per heavy atom. The maximum atomic E-state index is 5.24. The van der Waals surface area contributed by atoms with Crippen LogP contribution in [0.15, 0.2) is 30.3 Å². The van der Waals surface area contributed by atoms with Gasteiger partial charge in [0, 0.05) is 11.7 Å². The lowest BCUT2D eigenvalue weighted by Gasteiger charge is -2.16. The first kappa shape index (κ1) is 13.0. The van der Waals surface area contributed by atoms with Crippen LogP contribution < -0.4 is 10.6 Å². The minimum atomic E-state index is 0.434. The lowest BCUT2D eigenvalue weighted by Crippen LogP contribution is -2.35. The standard InChI is InChI=1S/C13H20N2S/c1-3-4-8-11(2)14-13(16)15-12-9-6-5-7-10-12/h5-7,9-11H,3-4,8H2,1-2H3,(H2,14,15,16)/t11-/m1/s1. The van der Waals surface area contributed by atoms with Crippen molar-refractivity contribution in [1.82, 2.24) is 5.32 Å². The lowest BCUT2D eigenvalue weighted by atomic mass is 10.1. The first-order chi connectivity index (χ1) is 7.72. The molecule has 16 heavy (non-hydrogen) atoms. The summed E-state index contributed by atoms with van der Waals surface area (Å²) in [6.07, 6.45) is 3.63. The predicted octanol–water partition coefficient (Wildman–Crippen LogP) is 3.55. The molecule has 0 aromatic heterocycles. The van der Waals surface area contributed by atoms with Gasteiger partial charge in [0.2, 0.25) is 0 Å². The van der Waals surface area contributed by atoms with Gasteiger partial charge in [0.05, 0.1) is 0 Å². The summed E-state index contributed by atoms with van der Waals surface area (Å²) < 4.78 is 0. The fourth-order valence-corrected chi connectivity index (χ4v) is 1.81. The van der Waals surface area contributed by atoms with Crippen molar-refractivity contribution in [2.24, 2.45) is 0 Å². The van der Waals surface area contributed by atoms with Gasteiger partial charge in [-0.1, -0.05) is 38.0 Å². The van der Waals surface area contributed by atoms with E-state index in [1.165, 1.54) is 12.8 Å². The van der Waals surface area contributed by atoms with Crippen LogP contribution in [-0.4, -0.2) is 11.2 Å². The maximum Gasteiger partial charge on any atom is 0.170 e. The molecule has 0 saturated heterocycles. The van der Waals surface area contributed by atoms with Crippen LogP contribution in [0.2, 0.25) is 0 Å². The van der Waals surface area contributed by atoms with Gasteiger partial charge in [-0.15, -0.1) is 0 Å². The van der Waals surface area contributed by atoms with Crippen molar-refractivity contribution in [3.05, 3.63) is 30.3 Å². The van der Waals surface area contributed by atoms with Crippen LogP contribution in [0, 0.1) is 0 Å². The highest BCUT2D eigenvalue weighted by Gasteiger charge is 2.03. The van der Waals surface area contributed by atoms with Crippen LogP contribution in [0.5, 0.6) is 0 Å². The molecule has 1 aromatic carbocycles. The molecule has 3 heteroatoms. The van der Waals surface area contributed by atoms with Crippen molar-refractivity contribution >= 4 is 23.0 Å². The molecule has 1 atom stereocenters. The zero-order valence-corrected chi connectivity index (χ0v) is 10.8. The molecule has 0 amide bonds. The first-order valence-corrected chi connectivity index (χ1v) is 6.25. The fraction of sp³-hybridized carbons (Fsp3) is 0.462. The number of unbranched alkanes of at least 4 members (excludes halogenated alkanes) is 1. The van der Waals surface area contributed by atoms with E-state index in [2.05, 4.69) is 24.5 Å². The summed E-state index contributed by atoms with van der Waals surface area (Å²) in [5.41, 5.74) is 1.03. The van der Waals surface area contributed by atoms with Crippen molar-refractivity contribution in [2.45, 2.75) is 39.2 Å². The van der Waals surface area contributed by atoms with E-state index in [0.29, 0.717) is 11.2 Å². The van der Waals surface area contributed by atoms with Crippen molar-refractivity contribution in [1.29, 1.82) is 0 Å². The Morgan fingerprint density at radius 1 is 1.31 bits per heavy atom. The van der Waals surface area contributed by atoms with E-state index in [4.69, 9.17) is 12.2 Å². The van der Waals surface area contributed by atoms with Gasteiger partial charge in [-0.3, -0.25) is 0 Å². The number of hydrogen-bond donors (Lipinski definition) is 2. The Morgan fingerprint density at radius 3 is 2.62 bits per heavy atom. The molecule has 0 aliphatic carbocycles. The molecule has 0 aliphatic rings. The van der Waals surface area contributed by atoms with Crippen LogP contribution in [0.4, 0.5) is 5.69 Å². The smallest absolute Gasteiger partial charge is 0.170 e. The van der Waals surface area contributed by atoms with E-state index in [-0.39, 0.29) is 0 Å². The molecule has 0 unspecified atom stereocenters. The van der Waals surface area contributed by atoms with Crippen molar-refractivity contribution in [2.75, 3.05) is 5.32 Å². The van der Waals surface area contributed by atoms with E-state index >= 15 is 0 Å². The maximum absolute atomic E-state index is 5.24. The Hall–Kier alpha value is -1.09. The molecule has 0 radical (unpaired) electrons. The van der Waals surface area contributed by atoms with Crippen molar-refractivity contribution in [3.8, 4) is 0 Å². The second-order valence-corrected chi connectivity index (χ2v) is 4.42. The zero-order valence-electron chi connectivity index (χ0n) is 9.99. The molecule has 1 rings (SSSR count). The topological polar surface area (TPSA) is 24.1 Å². The molecule has 0 heterocycles. The highest BCUT2D eigenvalue weighted by Crippen LogP contribution is 2.05. The third kappa shape index (κ3) is 5.12. The van der Waals surface area contributed by atoms with E-state index in [0.717, 1.165) is 12.1 Å². The number of para-hydroxylation sites is 1. The lowest BCUT2D eigenvalue weighted by molar-refractivity contribution is 0.573. The predicted molar refractivity (Wildman–Crippen MR) is 74.8 cm³/mol. The minimum absolute atomic E-state index is 0.434. The summed E-state index contributed by atoms with van der Waals surface area (Å²) in [6, 6.07) is 10.4. The normalized spacial score (nSPS) is 11.9. The van der Waals surface area contributed by atoms with E-state index in [1.54, 1.807) is 0 Å². The molecule has 0 saturated carbocycles. The molecule has 1 aromatic rings. The fourth-order valence-electron chi connectivity index (χ4n) is 1.49. The second kappa shape index (κ2) is 7.23. The SMILES string of the molecule is CCCC[C@@H](C)NC(=S)Nc1ccccc1. The van der Waals surface area contributed by atoms with Crippen LogP contribution in [-0.2, 0) is 0 Å². The second-order valence-electron chi connectivity index (χ2n) is 4.01. The minimum Gasteiger partial charge on any atom is -0.360 e. The molecule has 88 valence electrons. The number of nitrogens with one attached hydrogen (secondary N) is 2. The molecule has 0 aliphatic heterocycles. The van der Waals surface area contributed by atoms with E-state index in [1.807, 2.05) is 30.3 Å². The summed E-state index contributed by atoms with van der Waals surface area (Å²) in [4.78, 5) is 0. The van der Waals surface area contributed by atoms with Crippen molar-refractivity contribution < 1.29 is 0 Å². The average molecular weight is 236 g/mol. The number of hydrogen-bond acceptors (Lipinski definition) is 1. The monoisotopic (exact) mass is 236 g/mol. The van der Waals surface area contributed by atoms with Gasteiger partial charge in [-0.2, -0.15) is 0 Å². The van der Waals surface area contributed by atoms with Gasteiger partial charge >= 0.3 is 0 Å². The Kier molecular flexibility index (Phi) is 5.86. The van der Waals surface area contributed by atoms with E-state index in [9.17, 15) is 0 Å². The number of benzene rings is 1. The Bertz CT molecular complexity index is 311. The number of rotatable bonds is 5. The summed E-state index contributed by atoms with van der Waals surface area (Å²) in [5, 5.41) is 7.16. The third-order valence-electron chi connectivity index (χ3n) is 2.40. The molecule has 2 nitrogen and oxygen atoms in total. The summed E-state index contributed by atoms with van der Waals surface area (Å²) in [6.45, 7) is 4.36. The molecule has 2 N–H and O–H groups in total. The molecule has 0 fully saturated rings. The van der Waals surface area contributed by atoms with Crippen LogP contribution >= 0.6 is 12.2 Å². The van der Waals surface area contributed by atoms with Gasteiger partial charge in [0.25, 0.3) is 0 Å². The Balaban J connectivity index is 2.31. The largest absolute Gasteiger partial charge is 0.360 e. The summed E-state index contributed by atoms with van der Waals surface area (Å²) in [7, 11) is 0. The molecule has 0 bridgehead atoms. The Labute approximate surface area is 103 Å². The molecular formula is C13H20N2S. The molecular weight excluding hydrogens is 216 g/mol. The quantitative estimate of drug-likeness (QED) is 0.765. The van der Waals surface area contributed by atoms with Gasteiger partial charge in [0.1, 0.15) is 0 Å².